The van der Waals surface area contributed by atoms with Crippen molar-refractivity contribution in [2.75, 3.05) is 13.7 Å². The van der Waals surface area contributed by atoms with Crippen LogP contribution in [0.2, 0.25) is 0 Å². The van der Waals surface area contributed by atoms with Crippen LogP contribution in [0, 0.1) is 5.92 Å². The minimum atomic E-state index is -0.336. The van der Waals surface area contributed by atoms with Crippen molar-refractivity contribution in [1.82, 2.24) is 9.58 Å². The molecule has 0 N–H and O–H groups in total. The number of hydrogen-bond donors (Lipinski definition) is 0. The molecule has 0 aliphatic carbocycles. The van der Waals surface area contributed by atoms with Gasteiger partial charge in [-0.05, 0) is 19.1 Å². The van der Waals surface area contributed by atoms with Gasteiger partial charge in [0.2, 0.25) is 0 Å². The number of esters is 1. The van der Waals surface area contributed by atoms with E-state index >= 15 is 0 Å². The third-order valence-corrected chi connectivity index (χ3v) is 2.61. The quantitative estimate of drug-likeness (QED) is 0.718. The van der Waals surface area contributed by atoms with Crippen molar-refractivity contribution >= 4 is 12.2 Å². The fourth-order valence-corrected chi connectivity index (χ4v) is 1.88. The fraction of sp³-hybridized carbons (Fsp3) is 0.455. The van der Waals surface area contributed by atoms with E-state index < -0.39 is 0 Å². The molecule has 5 nitrogen and oxygen atoms in total. The van der Waals surface area contributed by atoms with E-state index in [2.05, 4.69) is 5.10 Å². The van der Waals surface area contributed by atoms with E-state index in [1.54, 1.807) is 18.1 Å². The van der Waals surface area contributed by atoms with Crippen molar-refractivity contribution in [1.29, 1.82) is 0 Å². The molecule has 16 heavy (non-hydrogen) atoms. The summed E-state index contributed by atoms with van der Waals surface area (Å²) in [6.07, 6.45) is 5.36. The molecule has 0 fully saturated rings. The monoisotopic (exact) mass is 221 g/mol. The Morgan fingerprint density at radius 2 is 2.12 bits per heavy atom. The normalized spacial score (nSPS) is 23.8. The van der Waals surface area contributed by atoms with Gasteiger partial charge in [0.25, 0.3) is 0 Å². The van der Waals surface area contributed by atoms with E-state index in [9.17, 15) is 4.79 Å². The van der Waals surface area contributed by atoms with Gasteiger partial charge in [-0.25, -0.2) is 0 Å². The van der Waals surface area contributed by atoms with Crippen LogP contribution in [0.1, 0.15) is 13.1 Å². The maximum atomic E-state index is 11.7. The predicted molar refractivity (Wildman–Crippen MR) is 59.8 cm³/mol. The lowest BCUT2D eigenvalue weighted by Gasteiger charge is -2.24. The Hall–Kier alpha value is -1.78. The number of carbonyl (C=O) groups is 1. The van der Waals surface area contributed by atoms with E-state index in [-0.39, 0.29) is 18.1 Å². The number of ether oxygens (including phenoxy) is 1. The van der Waals surface area contributed by atoms with Gasteiger partial charge in [-0.2, -0.15) is 5.10 Å². The highest BCUT2D eigenvalue weighted by Crippen LogP contribution is 2.27. The zero-order valence-corrected chi connectivity index (χ0v) is 9.41. The molecule has 2 atom stereocenters. The third kappa shape index (κ3) is 1.80. The van der Waals surface area contributed by atoms with Gasteiger partial charge in [0.15, 0.2) is 0 Å². The molecule has 1 aromatic rings. The zero-order valence-electron chi connectivity index (χ0n) is 9.41. The summed E-state index contributed by atoms with van der Waals surface area (Å²) in [5.74, 6) is -0.563. The zero-order chi connectivity index (χ0) is 11.5. The Morgan fingerprint density at radius 3 is 2.75 bits per heavy atom. The number of hydrogen-bond acceptors (Lipinski definition) is 4. The van der Waals surface area contributed by atoms with E-state index in [4.69, 9.17) is 4.74 Å². The molecule has 0 saturated carbocycles. The first-order valence-electron chi connectivity index (χ1n) is 5.30. The largest absolute Gasteiger partial charge is 0.465 e. The lowest BCUT2D eigenvalue weighted by Crippen LogP contribution is -2.32. The highest BCUT2D eigenvalue weighted by molar-refractivity contribution is 5.91. The minimum Gasteiger partial charge on any atom is -0.465 e. The molecular formula is C11H15N3O2. The topological polar surface area (TPSA) is 46.8 Å². The Morgan fingerprint density at radius 1 is 1.44 bits per heavy atom. The summed E-state index contributed by atoms with van der Waals surface area (Å²) in [6, 6.07) is 3.85. The number of nitrogens with zero attached hydrogens (tertiary/aromatic N) is 3. The predicted octanol–water partition coefficient (Wildman–Crippen LogP) is 1.10. The Balaban J connectivity index is 2.19. The van der Waals surface area contributed by atoms with Crippen LogP contribution in [-0.2, 0) is 9.53 Å². The van der Waals surface area contributed by atoms with Crippen LogP contribution in [0.25, 0.3) is 0 Å². The molecule has 1 aliphatic rings. The summed E-state index contributed by atoms with van der Waals surface area (Å²) >= 11 is 0. The molecular weight excluding hydrogens is 206 g/mol. The molecule has 0 amide bonds. The Bertz CT molecular complexity index is 386. The Kier molecular flexibility index (Phi) is 2.94. The average Bonchev–Trinajstić information content (AvgIpc) is 2.86. The second-order valence-electron chi connectivity index (χ2n) is 3.66. The Labute approximate surface area is 94.3 Å². The van der Waals surface area contributed by atoms with Crippen molar-refractivity contribution in [2.45, 2.75) is 13.1 Å². The summed E-state index contributed by atoms with van der Waals surface area (Å²) in [5, 5.41) is 5.91. The second-order valence-corrected chi connectivity index (χ2v) is 3.66. The summed E-state index contributed by atoms with van der Waals surface area (Å²) in [6.45, 7) is 2.20. The van der Waals surface area contributed by atoms with Crippen LogP contribution >= 0.6 is 0 Å². The molecule has 2 unspecified atom stereocenters. The van der Waals surface area contributed by atoms with E-state index in [0.29, 0.717) is 6.61 Å². The standard InChI is InChI=1S/C11H15N3O2/c1-3-16-11(15)9-8-12-13(2)10(9)14-6-4-5-7-14/h4-10H,3H2,1-2H3. The van der Waals surface area contributed by atoms with Crippen LogP contribution in [0.15, 0.2) is 29.6 Å². The van der Waals surface area contributed by atoms with Crippen molar-refractivity contribution in [3.05, 3.63) is 24.5 Å². The molecule has 2 heterocycles. The first-order valence-corrected chi connectivity index (χ1v) is 5.30. The van der Waals surface area contributed by atoms with Gasteiger partial charge >= 0.3 is 5.97 Å². The first-order chi connectivity index (χ1) is 7.74. The SMILES string of the molecule is CCOC(=O)C1C=NN(C)C1n1cccc1. The molecule has 0 bridgehead atoms. The molecule has 5 heteroatoms. The number of rotatable bonds is 3. The van der Waals surface area contributed by atoms with Gasteiger partial charge in [-0.1, -0.05) is 0 Å². The second kappa shape index (κ2) is 4.38. The summed E-state index contributed by atoms with van der Waals surface area (Å²) in [4.78, 5) is 11.7. The molecule has 1 aliphatic heterocycles. The van der Waals surface area contributed by atoms with Crippen LogP contribution in [0.3, 0.4) is 0 Å². The highest BCUT2D eigenvalue weighted by Gasteiger charge is 2.36. The first kappa shape index (κ1) is 10.7. The summed E-state index contributed by atoms with van der Waals surface area (Å²) < 4.78 is 6.99. The van der Waals surface area contributed by atoms with Crippen molar-refractivity contribution in [2.24, 2.45) is 11.0 Å². The van der Waals surface area contributed by atoms with Crippen molar-refractivity contribution < 1.29 is 9.53 Å². The average molecular weight is 221 g/mol. The minimum absolute atomic E-state index is 0.117. The molecule has 1 aromatic heterocycles. The molecule has 0 saturated heterocycles. The van der Waals surface area contributed by atoms with E-state index in [0.717, 1.165) is 0 Å². The third-order valence-electron chi connectivity index (χ3n) is 2.61. The van der Waals surface area contributed by atoms with Crippen molar-refractivity contribution in [3.8, 4) is 0 Å². The van der Waals surface area contributed by atoms with E-state index in [1.165, 1.54) is 0 Å². The van der Waals surface area contributed by atoms with Gasteiger partial charge in [-0.15, -0.1) is 0 Å². The van der Waals surface area contributed by atoms with Crippen LogP contribution in [0.4, 0.5) is 0 Å². The van der Waals surface area contributed by atoms with Crippen LogP contribution in [-0.4, -0.2) is 35.4 Å². The smallest absolute Gasteiger partial charge is 0.318 e. The van der Waals surface area contributed by atoms with Gasteiger partial charge in [0.1, 0.15) is 12.1 Å². The van der Waals surface area contributed by atoms with E-state index in [1.807, 2.05) is 36.1 Å². The van der Waals surface area contributed by atoms with Crippen molar-refractivity contribution in [3.63, 3.8) is 0 Å². The van der Waals surface area contributed by atoms with Gasteiger partial charge in [0, 0.05) is 25.7 Å². The number of aromatic nitrogens is 1. The molecule has 86 valence electrons. The fourth-order valence-electron chi connectivity index (χ4n) is 1.88. The number of hydrazone groups is 1. The maximum absolute atomic E-state index is 11.7. The van der Waals surface area contributed by atoms with Gasteiger partial charge < -0.3 is 9.30 Å². The number of carbonyl (C=O) groups excluding carboxylic acids is 1. The lowest BCUT2D eigenvalue weighted by molar-refractivity contribution is -0.147. The van der Waals surface area contributed by atoms with Gasteiger partial charge in [0.05, 0.1) is 6.61 Å². The lowest BCUT2D eigenvalue weighted by atomic mass is 10.1. The molecule has 2 rings (SSSR count). The van der Waals surface area contributed by atoms with Crippen LogP contribution < -0.4 is 0 Å². The highest BCUT2D eigenvalue weighted by atomic mass is 16.5. The molecule has 0 aromatic carbocycles. The molecule has 0 spiro atoms. The summed E-state index contributed by atoms with van der Waals surface area (Å²) in [5.41, 5.74) is 0. The summed E-state index contributed by atoms with van der Waals surface area (Å²) in [7, 11) is 1.85. The molecule has 0 radical (unpaired) electrons. The van der Waals surface area contributed by atoms with Gasteiger partial charge in [-0.3, -0.25) is 9.80 Å². The maximum Gasteiger partial charge on any atom is 0.318 e. The van der Waals surface area contributed by atoms with Crippen LogP contribution in [0.5, 0.6) is 0 Å².